The predicted molar refractivity (Wildman–Crippen MR) is 97.3 cm³/mol. The first-order chi connectivity index (χ1) is 11.6. The van der Waals surface area contributed by atoms with E-state index in [1.807, 2.05) is 49.5 Å². The summed E-state index contributed by atoms with van der Waals surface area (Å²) in [7, 11) is 0. The van der Waals surface area contributed by atoms with Crippen LogP contribution in [0, 0.1) is 0 Å². The number of benzene rings is 1. The number of para-hydroxylation sites is 1. The molecule has 0 fully saturated rings. The normalized spacial score (nSPS) is 15.4. The van der Waals surface area contributed by atoms with Crippen molar-refractivity contribution in [1.82, 2.24) is 9.99 Å². The van der Waals surface area contributed by atoms with E-state index in [1.165, 1.54) is 10.0 Å². The van der Waals surface area contributed by atoms with Gasteiger partial charge in [-0.3, -0.25) is 4.79 Å². The van der Waals surface area contributed by atoms with Crippen molar-refractivity contribution >= 4 is 44.7 Å². The zero-order valence-electron chi connectivity index (χ0n) is 13.1. The summed E-state index contributed by atoms with van der Waals surface area (Å²) in [5.74, 6) is -0.261. The van der Waals surface area contributed by atoms with Crippen LogP contribution in [0.1, 0.15) is 18.2 Å². The van der Waals surface area contributed by atoms with Crippen LogP contribution in [-0.2, 0) is 4.79 Å². The second kappa shape index (κ2) is 6.52. The van der Waals surface area contributed by atoms with Crippen molar-refractivity contribution in [2.45, 2.75) is 6.92 Å². The first-order valence-corrected chi connectivity index (χ1v) is 8.59. The van der Waals surface area contributed by atoms with Crippen molar-refractivity contribution in [3.05, 3.63) is 53.9 Å². The number of anilines is 1. The number of carbonyl (C=O) groups excluding carboxylic acids is 2. The van der Waals surface area contributed by atoms with Crippen LogP contribution in [0.2, 0.25) is 0 Å². The van der Waals surface area contributed by atoms with Crippen molar-refractivity contribution in [2.75, 3.05) is 16.9 Å². The molecule has 1 aliphatic heterocycles. The number of nitrogens with zero attached hydrogens (tertiary/aromatic N) is 2. The second-order valence-corrected chi connectivity index (χ2v) is 6.16. The van der Waals surface area contributed by atoms with Gasteiger partial charge in [0.1, 0.15) is 0 Å². The SMILES string of the molecule is C/C(=C1\C(=O)N(N(CCBr)C(N)=O)c2ccccc21)c1ccc[nH]1. The summed E-state index contributed by atoms with van der Waals surface area (Å²) < 4.78 is 0. The Kier molecular flexibility index (Phi) is 4.44. The number of H-pyrrole nitrogens is 1. The highest BCUT2D eigenvalue weighted by atomic mass is 79.9. The van der Waals surface area contributed by atoms with Gasteiger partial charge in [0.05, 0.1) is 17.8 Å². The average molecular weight is 389 g/mol. The van der Waals surface area contributed by atoms with Crippen molar-refractivity contribution in [3.8, 4) is 0 Å². The number of rotatable bonds is 4. The third kappa shape index (κ3) is 2.60. The molecule has 0 saturated heterocycles. The number of aromatic nitrogens is 1. The molecule has 1 aromatic heterocycles. The van der Waals surface area contributed by atoms with Gasteiger partial charge in [-0.1, -0.05) is 34.1 Å². The molecule has 1 aromatic carbocycles. The molecule has 0 spiro atoms. The Morgan fingerprint density at radius 1 is 1.29 bits per heavy atom. The van der Waals surface area contributed by atoms with E-state index in [-0.39, 0.29) is 5.91 Å². The molecule has 0 saturated carbocycles. The lowest BCUT2D eigenvalue weighted by molar-refractivity contribution is -0.115. The fraction of sp³-hybridized carbons (Fsp3) is 0.176. The molecule has 1 aliphatic rings. The van der Waals surface area contributed by atoms with E-state index in [9.17, 15) is 9.59 Å². The first-order valence-electron chi connectivity index (χ1n) is 7.47. The standard InChI is InChI=1S/C17H17BrN4O2/c1-11(13-6-4-9-20-13)15-12-5-2-3-7-14(12)22(16(15)23)21(10-8-18)17(19)24/h2-7,9,20H,8,10H2,1H3,(H2,19,24)/b15-11+. The van der Waals surface area contributed by atoms with Gasteiger partial charge < -0.3 is 10.7 Å². The lowest BCUT2D eigenvalue weighted by atomic mass is 10.0. The lowest BCUT2D eigenvalue weighted by Gasteiger charge is -2.29. The summed E-state index contributed by atoms with van der Waals surface area (Å²) in [4.78, 5) is 28.1. The number of hydrogen-bond acceptors (Lipinski definition) is 2. The maximum absolute atomic E-state index is 13.1. The Morgan fingerprint density at radius 2 is 2.04 bits per heavy atom. The van der Waals surface area contributed by atoms with Gasteiger partial charge in [-0.05, 0) is 30.7 Å². The van der Waals surface area contributed by atoms with Gasteiger partial charge in [-0.2, -0.15) is 0 Å². The van der Waals surface area contributed by atoms with E-state index in [0.717, 1.165) is 16.8 Å². The molecule has 2 heterocycles. The number of carbonyl (C=O) groups is 2. The van der Waals surface area contributed by atoms with Crippen molar-refractivity contribution in [2.24, 2.45) is 5.73 Å². The topological polar surface area (TPSA) is 82.4 Å². The van der Waals surface area contributed by atoms with Crippen LogP contribution < -0.4 is 10.7 Å². The zero-order chi connectivity index (χ0) is 17.3. The van der Waals surface area contributed by atoms with Crippen LogP contribution in [0.4, 0.5) is 10.5 Å². The van der Waals surface area contributed by atoms with Gasteiger partial charge in [0.25, 0.3) is 5.91 Å². The second-order valence-electron chi connectivity index (χ2n) is 5.37. The summed E-state index contributed by atoms with van der Waals surface area (Å²) in [6, 6.07) is 10.5. The number of urea groups is 1. The molecule has 0 bridgehead atoms. The number of allylic oxidation sites excluding steroid dienone is 1. The van der Waals surface area contributed by atoms with Gasteiger partial charge in [-0.25, -0.2) is 14.8 Å². The largest absolute Gasteiger partial charge is 0.361 e. The van der Waals surface area contributed by atoms with Crippen LogP contribution in [0.25, 0.3) is 11.1 Å². The molecule has 0 aliphatic carbocycles. The average Bonchev–Trinajstić information content (AvgIpc) is 3.18. The molecule has 124 valence electrons. The number of fused-ring (bicyclic) bond motifs is 1. The highest BCUT2D eigenvalue weighted by Crippen LogP contribution is 2.41. The number of primary amides is 1. The van der Waals surface area contributed by atoms with E-state index in [0.29, 0.717) is 23.1 Å². The Balaban J connectivity index is 2.17. The fourth-order valence-electron chi connectivity index (χ4n) is 2.89. The van der Waals surface area contributed by atoms with Crippen LogP contribution in [-0.4, -0.2) is 33.8 Å². The molecule has 3 amide bonds. The maximum atomic E-state index is 13.1. The van der Waals surface area contributed by atoms with Gasteiger partial charge in [0.2, 0.25) is 0 Å². The molecular weight excluding hydrogens is 372 g/mol. The Morgan fingerprint density at radius 3 is 2.67 bits per heavy atom. The van der Waals surface area contributed by atoms with E-state index >= 15 is 0 Å². The number of nitrogens with two attached hydrogens (primary N) is 1. The van der Waals surface area contributed by atoms with Crippen LogP contribution >= 0.6 is 15.9 Å². The number of hydrogen-bond donors (Lipinski definition) is 2. The van der Waals surface area contributed by atoms with E-state index in [1.54, 1.807) is 0 Å². The van der Waals surface area contributed by atoms with Gasteiger partial charge in [0, 0.05) is 22.8 Å². The Hall–Kier alpha value is -2.54. The fourth-order valence-corrected chi connectivity index (χ4v) is 3.23. The molecule has 7 heteroatoms. The molecule has 24 heavy (non-hydrogen) atoms. The summed E-state index contributed by atoms with van der Waals surface area (Å²) in [5.41, 5.74) is 9.18. The van der Waals surface area contributed by atoms with E-state index in [2.05, 4.69) is 20.9 Å². The number of aromatic amines is 1. The molecule has 3 rings (SSSR count). The minimum absolute atomic E-state index is 0.261. The number of amides is 3. The number of hydrazine groups is 1. The molecule has 0 radical (unpaired) electrons. The number of halogens is 1. The number of alkyl halides is 1. The number of nitrogens with one attached hydrogen (secondary N) is 1. The quantitative estimate of drug-likeness (QED) is 0.623. The Bertz CT molecular complexity index is 814. The predicted octanol–water partition coefficient (Wildman–Crippen LogP) is 2.98. The molecule has 0 atom stereocenters. The molecule has 6 nitrogen and oxygen atoms in total. The van der Waals surface area contributed by atoms with Crippen LogP contribution in [0.3, 0.4) is 0 Å². The summed E-state index contributed by atoms with van der Waals surface area (Å²) in [6.45, 7) is 2.18. The Labute approximate surface area is 148 Å². The van der Waals surface area contributed by atoms with Gasteiger partial charge in [0.15, 0.2) is 0 Å². The zero-order valence-corrected chi connectivity index (χ0v) is 14.7. The van der Waals surface area contributed by atoms with Crippen molar-refractivity contribution in [3.63, 3.8) is 0 Å². The van der Waals surface area contributed by atoms with Crippen molar-refractivity contribution < 1.29 is 9.59 Å². The van der Waals surface area contributed by atoms with Crippen molar-refractivity contribution in [1.29, 1.82) is 0 Å². The maximum Gasteiger partial charge on any atom is 0.334 e. The van der Waals surface area contributed by atoms with Crippen LogP contribution in [0.15, 0.2) is 42.6 Å². The monoisotopic (exact) mass is 388 g/mol. The highest BCUT2D eigenvalue weighted by Gasteiger charge is 2.38. The minimum atomic E-state index is -0.670. The molecular formula is C17H17BrN4O2. The third-order valence-corrected chi connectivity index (χ3v) is 4.33. The molecule has 0 unspecified atom stereocenters. The summed E-state index contributed by atoms with van der Waals surface area (Å²) in [5, 5.41) is 3.13. The molecule has 2 aromatic rings. The minimum Gasteiger partial charge on any atom is -0.361 e. The first kappa shape index (κ1) is 16.3. The van der Waals surface area contributed by atoms with E-state index < -0.39 is 6.03 Å². The van der Waals surface area contributed by atoms with Gasteiger partial charge >= 0.3 is 6.03 Å². The summed E-state index contributed by atoms with van der Waals surface area (Å²) >= 11 is 3.30. The summed E-state index contributed by atoms with van der Waals surface area (Å²) in [6.07, 6.45) is 1.81. The van der Waals surface area contributed by atoms with Crippen LogP contribution in [0.5, 0.6) is 0 Å². The highest BCUT2D eigenvalue weighted by molar-refractivity contribution is 9.09. The van der Waals surface area contributed by atoms with Gasteiger partial charge in [-0.15, -0.1) is 0 Å². The lowest BCUT2D eigenvalue weighted by Crippen LogP contribution is -2.51. The molecule has 3 N–H and O–H groups in total. The smallest absolute Gasteiger partial charge is 0.334 e. The van der Waals surface area contributed by atoms with E-state index in [4.69, 9.17) is 5.73 Å². The third-order valence-electron chi connectivity index (χ3n) is 3.98.